The van der Waals surface area contributed by atoms with E-state index in [1.165, 1.54) is 17.4 Å². The van der Waals surface area contributed by atoms with Gasteiger partial charge >= 0.3 is 0 Å². The van der Waals surface area contributed by atoms with Crippen LogP contribution in [0.2, 0.25) is 0 Å². The maximum atomic E-state index is 10.8. The Bertz CT molecular complexity index is 623. The molecule has 106 valence electrons. The van der Waals surface area contributed by atoms with Gasteiger partial charge in [0.2, 0.25) is 0 Å². The van der Waals surface area contributed by atoms with Gasteiger partial charge in [0.1, 0.15) is 10.0 Å². The molecule has 1 aromatic heterocycles. The number of hydrogen-bond acceptors (Lipinski definition) is 6. The Labute approximate surface area is 121 Å². The van der Waals surface area contributed by atoms with Crippen LogP contribution in [0.25, 0.3) is 10.6 Å². The van der Waals surface area contributed by atoms with Crippen LogP contribution < -0.4 is 5.32 Å². The lowest BCUT2D eigenvalue weighted by Gasteiger charge is -2.08. The fourth-order valence-electron chi connectivity index (χ4n) is 1.99. The first-order chi connectivity index (χ1) is 9.56. The number of nitro groups is 1. The first-order valence-electron chi connectivity index (χ1n) is 6.32. The van der Waals surface area contributed by atoms with Crippen molar-refractivity contribution in [1.82, 2.24) is 15.5 Å². The van der Waals surface area contributed by atoms with Crippen molar-refractivity contribution in [3.63, 3.8) is 0 Å². The van der Waals surface area contributed by atoms with Crippen molar-refractivity contribution in [3.8, 4) is 10.6 Å². The van der Waals surface area contributed by atoms with E-state index in [4.69, 9.17) is 0 Å². The van der Waals surface area contributed by atoms with Crippen LogP contribution in [0.15, 0.2) is 18.2 Å². The lowest BCUT2D eigenvalue weighted by Crippen LogP contribution is -2.14. The van der Waals surface area contributed by atoms with Gasteiger partial charge in [-0.1, -0.05) is 18.3 Å². The Balaban J connectivity index is 2.33. The summed E-state index contributed by atoms with van der Waals surface area (Å²) in [6, 6.07) is 5.21. The number of nitrogens with one attached hydrogen (secondary N) is 1. The second-order valence-electron chi connectivity index (χ2n) is 4.45. The molecule has 0 aliphatic heterocycles. The predicted octanol–water partition coefficient (Wildman–Crippen LogP) is 3.09. The highest BCUT2D eigenvalue weighted by Crippen LogP contribution is 2.30. The van der Waals surface area contributed by atoms with Gasteiger partial charge < -0.3 is 5.32 Å². The lowest BCUT2D eigenvalue weighted by molar-refractivity contribution is -0.385. The Hall–Kier alpha value is -1.86. The van der Waals surface area contributed by atoms with Crippen molar-refractivity contribution in [2.45, 2.75) is 26.3 Å². The predicted molar refractivity (Wildman–Crippen MR) is 78.8 cm³/mol. The van der Waals surface area contributed by atoms with Gasteiger partial charge in [-0.3, -0.25) is 10.1 Å². The van der Waals surface area contributed by atoms with Crippen molar-refractivity contribution in [2.24, 2.45) is 0 Å². The monoisotopic (exact) mass is 292 g/mol. The third-order valence-corrected chi connectivity index (χ3v) is 4.22. The fourth-order valence-corrected chi connectivity index (χ4v) is 3.02. The van der Waals surface area contributed by atoms with Gasteiger partial charge in [0, 0.05) is 17.2 Å². The molecule has 0 amide bonds. The molecule has 1 heterocycles. The van der Waals surface area contributed by atoms with E-state index in [1.807, 2.05) is 7.05 Å². The Morgan fingerprint density at radius 3 is 2.75 bits per heavy atom. The molecular formula is C13H16N4O2S. The number of aryl methyl sites for hydroxylation is 1. The number of benzene rings is 1. The summed E-state index contributed by atoms with van der Waals surface area (Å²) in [4.78, 5) is 10.4. The van der Waals surface area contributed by atoms with Gasteiger partial charge in [0.25, 0.3) is 5.69 Å². The fraction of sp³-hybridized carbons (Fsp3) is 0.385. The summed E-state index contributed by atoms with van der Waals surface area (Å²) in [5, 5.41) is 24.1. The quantitative estimate of drug-likeness (QED) is 0.676. The molecular weight excluding hydrogens is 276 g/mol. The molecule has 0 saturated heterocycles. The molecule has 0 aliphatic carbocycles. The van der Waals surface area contributed by atoms with Gasteiger partial charge in [0.05, 0.1) is 11.0 Å². The Morgan fingerprint density at radius 2 is 2.20 bits per heavy atom. The third kappa shape index (κ3) is 2.83. The van der Waals surface area contributed by atoms with E-state index < -0.39 is 0 Å². The third-order valence-electron chi connectivity index (χ3n) is 3.14. The first kappa shape index (κ1) is 14.5. The van der Waals surface area contributed by atoms with E-state index in [1.54, 1.807) is 19.1 Å². The number of aromatic nitrogens is 2. The molecule has 0 radical (unpaired) electrons. The first-order valence-corrected chi connectivity index (χ1v) is 7.14. The van der Waals surface area contributed by atoms with E-state index in [-0.39, 0.29) is 16.7 Å². The Kier molecular flexibility index (Phi) is 4.41. The molecule has 6 nitrogen and oxygen atoms in total. The van der Waals surface area contributed by atoms with E-state index in [9.17, 15) is 10.1 Å². The number of hydrogen-bond donors (Lipinski definition) is 1. The molecule has 0 spiro atoms. The van der Waals surface area contributed by atoms with Gasteiger partial charge in [-0.15, -0.1) is 10.2 Å². The number of nitro benzene ring substituents is 1. The van der Waals surface area contributed by atoms with Crippen LogP contribution in [0, 0.1) is 17.0 Å². The molecule has 1 atom stereocenters. The second kappa shape index (κ2) is 6.06. The number of nitrogens with zero attached hydrogens (tertiary/aromatic N) is 3. The zero-order valence-electron chi connectivity index (χ0n) is 11.6. The summed E-state index contributed by atoms with van der Waals surface area (Å²) in [7, 11) is 1.89. The van der Waals surface area contributed by atoms with Gasteiger partial charge in [-0.2, -0.15) is 0 Å². The molecule has 0 saturated carbocycles. The second-order valence-corrected chi connectivity index (χ2v) is 5.46. The molecule has 1 N–H and O–H groups in total. The van der Waals surface area contributed by atoms with Crippen LogP contribution in [-0.4, -0.2) is 22.2 Å². The van der Waals surface area contributed by atoms with Crippen molar-refractivity contribution in [3.05, 3.63) is 38.9 Å². The summed E-state index contributed by atoms with van der Waals surface area (Å²) < 4.78 is 0. The van der Waals surface area contributed by atoms with Crippen molar-refractivity contribution in [2.75, 3.05) is 7.05 Å². The van der Waals surface area contributed by atoms with Crippen LogP contribution in [0.3, 0.4) is 0 Å². The van der Waals surface area contributed by atoms with E-state index in [0.717, 1.165) is 22.0 Å². The molecule has 1 unspecified atom stereocenters. The van der Waals surface area contributed by atoms with Gasteiger partial charge in [-0.25, -0.2) is 0 Å². The van der Waals surface area contributed by atoms with Crippen molar-refractivity contribution in [1.29, 1.82) is 0 Å². The van der Waals surface area contributed by atoms with Gasteiger partial charge in [0.15, 0.2) is 0 Å². The average molecular weight is 292 g/mol. The van der Waals surface area contributed by atoms with Crippen LogP contribution in [0.5, 0.6) is 0 Å². The molecule has 0 fully saturated rings. The largest absolute Gasteiger partial charge is 0.311 e. The lowest BCUT2D eigenvalue weighted by atomic mass is 10.1. The average Bonchev–Trinajstić information content (AvgIpc) is 2.89. The molecule has 2 rings (SSSR count). The number of rotatable bonds is 5. The van der Waals surface area contributed by atoms with E-state index in [2.05, 4.69) is 22.4 Å². The summed E-state index contributed by atoms with van der Waals surface area (Å²) in [5.41, 5.74) is 1.62. The standard InChI is InChI=1S/C13H16N4O2S/c1-4-10(14-3)13-16-15-12(20-13)9-5-6-11(17(18)19)8(2)7-9/h5-7,10,14H,4H2,1-3H3. The SMILES string of the molecule is CCC(NC)c1nnc(-c2ccc([N+](=O)[O-])c(C)c2)s1. The molecule has 2 aromatic rings. The zero-order chi connectivity index (χ0) is 14.7. The molecule has 7 heteroatoms. The topological polar surface area (TPSA) is 81.0 Å². The zero-order valence-corrected chi connectivity index (χ0v) is 12.4. The Morgan fingerprint density at radius 1 is 1.45 bits per heavy atom. The minimum atomic E-state index is -0.376. The maximum absolute atomic E-state index is 10.8. The molecule has 20 heavy (non-hydrogen) atoms. The molecule has 0 bridgehead atoms. The summed E-state index contributed by atoms with van der Waals surface area (Å²) in [6.45, 7) is 3.81. The summed E-state index contributed by atoms with van der Waals surface area (Å²) >= 11 is 1.51. The highest BCUT2D eigenvalue weighted by Gasteiger charge is 2.16. The molecule has 0 aliphatic rings. The maximum Gasteiger partial charge on any atom is 0.272 e. The molecule has 1 aromatic carbocycles. The van der Waals surface area contributed by atoms with Crippen LogP contribution in [0.1, 0.15) is 30.0 Å². The van der Waals surface area contributed by atoms with E-state index in [0.29, 0.717) is 5.56 Å². The highest BCUT2D eigenvalue weighted by atomic mass is 32.1. The summed E-state index contributed by atoms with van der Waals surface area (Å²) in [6.07, 6.45) is 0.935. The van der Waals surface area contributed by atoms with E-state index >= 15 is 0 Å². The van der Waals surface area contributed by atoms with Crippen molar-refractivity contribution >= 4 is 17.0 Å². The van der Waals surface area contributed by atoms with Crippen molar-refractivity contribution < 1.29 is 4.92 Å². The minimum absolute atomic E-state index is 0.125. The summed E-state index contributed by atoms with van der Waals surface area (Å²) in [5.74, 6) is 0. The van der Waals surface area contributed by atoms with Crippen LogP contribution in [0.4, 0.5) is 5.69 Å². The van der Waals surface area contributed by atoms with Crippen LogP contribution >= 0.6 is 11.3 Å². The minimum Gasteiger partial charge on any atom is -0.311 e. The van der Waals surface area contributed by atoms with Crippen LogP contribution in [-0.2, 0) is 0 Å². The normalized spacial score (nSPS) is 12.3. The smallest absolute Gasteiger partial charge is 0.272 e. The highest BCUT2D eigenvalue weighted by molar-refractivity contribution is 7.14. The van der Waals surface area contributed by atoms with Gasteiger partial charge in [-0.05, 0) is 32.5 Å².